The number of methoxy groups -OCH3 is 1. The number of amides is 2. The van der Waals surface area contributed by atoms with Crippen molar-refractivity contribution in [1.29, 1.82) is 0 Å². The van der Waals surface area contributed by atoms with Crippen LogP contribution in [0.1, 0.15) is 22.3 Å². The predicted octanol–water partition coefficient (Wildman–Crippen LogP) is 2.49. The van der Waals surface area contributed by atoms with Crippen LogP contribution in [-0.4, -0.2) is 25.5 Å². The summed E-state index contributed by atoms with van der Waals surface area (Å²) in [7, 11) is 1.60. The Labute approximate surface area is 139 Å². The van der Waals surface area contributed by atoms with Gasteiger partial charge < -0.3 is 15.4 Å². The highest BCUT2D eigenvalue weighted by Gasteiger charge is 2.18. The van der Waals surface area contributed by atoms with Gasteiger partial charge in [-0.3, -0.25) is 9.59 Å². The lowest BCUT2D eigenvalue weighted by Gasteiger charge is -2.22. The second-order valence-corrected chi connectivity index (χ2v) is 5.28. The smallest absolute Gasteiger partial charge is 0.258 e. The fraction of sp³-hybridized carbons (Fsp3) is 0.222. The van der Waals surface area contributed by atoms with Gasteiger partial charge in [-0.05, 0) is 42.0 Å². The van der Waals surface area contributed by atoms with E-state index in [2.05, 4.69) is 0 Å². The molecule has 0 radical (unpaired) electrons. The highest BCUT2D eigenvalue weighted by atomic mass is 19.1. The Morgan fingerprint density at radius 3 is 2.25 bits per heavy atom. The van der Waals surface area contributed by atoms with Crippen molar-refractivity contribution in [3.63, 3.8) is 0 Å². The van der Waals surface area contributed by atoms with E-state index in [0.717, 1.165) is 5.56 Å². The number of hydrogen-bond donors (Lipinski definition) is 1. The van der Waals surface area contributed by atoms with E-state index in [4.69, 9.17) is 10.5 Å². The lowest BCUT2D eigenvalue weighted by molar-refractivity contribution is -0.117. The van der Waals surface area contributed by atoms with Gasteiger partial charge in [0.2, 0.25) is 5.91 Å². The van der Waals surface area contributed by atoms with Crippen LogP contribution in [0, 0.1) is 5.82 Å². The van der Waals surface area contributed by atoms with Crippen molar-refractivity contribution in [2.45, 2.75) is 13.0 Å². The van der Waals surface area contributed by atoms with E-state index < -0.39 is 11.7 Å². The second-order valence-electron chi connectivity index (χ2n) is 5.28. The first-order chi connectivity index (χ1) is 11.5. The summed E-state index contributed by atoms with van der Waals surface area (Å²) in [6.07, 6.45) is 0.0187. The first-order valence-corrected chi connectivity index (χ1v) is 7.45. The number of ether oxygens (including phenoxy) is 1. The van der Waals surface area contributed by atoms with Crippen LogP contribution in [0.5, 0.6) is 0 Å². The summed E-state index contributed by atoms with van der Waals surface area (Å²) in [5.74, 6) is -1.19. The van der Waals surface area contributed by atoms with E-state index in [1.54, 1.807) is 31.4 Å². The lowest BCUT2D eigenvalue weighted by Crippen LogP contribution is -2.34. The number of carbonyl (C=O) groups excluding carboxylic acids is 2. The quantitative estimate of drug-likeness (QED) is 0.848. The molecule has 2 aromatic carbocycles. The van der Waals surface area contributed by atoms with Gasteiger partial charge in [0.05, 0.1) is 6.61 Å². The molecule has 0 unspecified atom stereocenters. The summed E-state index contributed by atoms with van der Waals surface area (Å²) in [5, 5.41) is 0. The third-order valence-corrected chi connectivity index (χ3v) is 3.48. The van der Waals surface area contributed by atoms with E-state index in [-0.39, 0.29) is 18.9 Å². The van der Waals surface area contributed by atoms with Crippen LogP contribution in [0.4, 0.5) is 10.1 Å². The lowest BCUT2D eigenvalue weighted by atomic mass is 10.1. The summed E-state index contributed by atoms with van der Waals surface area (Å²) in [6, 6.07) is 12.5. The molecule has 2 amide bonds. The SMILES string of the molecule is COCc1ccc(C(=O)N(CCC(N)=O)c2ccc(F)cc2)cc1. The molecule has 0 atom stereocenters. The zero-order valence-corrected chi connectivity index (χ0v) is 13.4. The molecule has 0 aromatic heterocycles. The molecular formula is C18H19FN2O3. The number of rotatable bonds is 7. The number of benzene rings is 2. The van der Waals surface area contributed by atoms with E-state index in [1.165, 1.54) is 29.2 Å². The average molecular weight is 330 g/mol. The second kappa shape index (κ2) is 8.21. The first-order valence-electron chi connectivity index (χ1n) is 7.45. The van der Waals surface area contributed by atoms with Gasteiger partial charge in [0.15, 0.2) is 0 Å². The average Bonchev–Trinajstić information content (AvgIpc) is 2.57. The largest absolute Gasteiger partial charge is 0.380 e. The molecule has 126 valence electrons. The Hall–Kier alpha value is -2.73. The summed E-state index contributed by atoms with van der Waals surface area (Å²) in [4.78, 5) is 25.2. The molecule has 0 heterocycles. The van der Waals surface area contributed by atoms with Crippen molar-refractivity contribution < 1.29 is 18.7 Å². The summed E-state index contributed by atoms with van der Waals surface area (Å²) >= 11 is 0. The third-order valence-electron chi connectivity index (χ3n) is 3.48. The Kier molecular flexibility index (Phi) is 6.03. The fourth-order valence-electron chi connectivity index (χ4n) is 2.26. The fourth-order valence-corrected chi connectivity index (χ4v) is 2.26. The topological polar surface area (TPSA) is 72.6 Å². The van der Waals surface area contributed by atoms with Gasteiger partial charge in [0.25, 0.3) is 5.91 Å². The zero-order valence-electron chi connectivity index (χ0n) is 13.4. The van der Waals surface area contributed by atoms with Gasteiger partial charge in [-0.2, -0.15) is 0 Å². The van der Waals surface area contributed by atoms with Gasteiger partial charge in [-0.15, -0.1) is 0 Å². The molecule has 5 nitrogen and oxygen atoms in total. The van der Waals surface area contributed by atoms with Gasteiger partial charge in [-0.25, -0.2) is 4.39 Å². The Morgan fingerprint density at radius 1 is 1.08 bits per heavy atom. The first kappa shape index (κ1) is 17.6. The molecule has 0 spiro atoms. The maximum atomic E-state index is 13.1. The minimum Gasteiger partial charge on any atom is -0.380 e. The summed E-state index contributed by atoms with van der Waals surface area (Å²) in [5.41, 5.74) is 7.09. The molecule has 0 saturated carbocycles. The van der Waals surface area contributed by atoms with Crippen molar-refractivity contribution in [2.24, 2.45) is 5.73 Å². The number of anilines is 1. The molecule has 0 aliphatic carbocycles. The van der Waals surface area contributed by atoms with E-state index in [1.807, 2.05) is 0 Å². The molecule has 2 aromatic rings. The minimum atomic E-state index is -0.509. The standard InChI is InChI=1S/C18H19FN2O3/c1-24-12-13-2-4-14(5-3-13)18(23)21(11-10-17(20)22)16-8-6-15(19)7-9-16/h2-9H,10-12H2,1H3,(H2,20,22). The molecule has 2 N–H and O–H groups in total. The Morgan fingerprint density at radius 2 is 1.71 bits per heavy atom. The number of nitrogens with zero attached hydrogens (tertiary/aromatic N) is 1. The molecule has 0 bridgehead atoms. The number of primary amides is 1. The van der Waals surface area contributed by atoms with Crippen LogP contribution < -0.4 is 10.6 Å². The van der Waals surface area contributed by atoms with Crippen LogP contribution in [0.2, 0.25) is 0 Å². The summed E-state index contributed by atoms with van der Waals surface area (Å²) in [6.45, 7) is 0.581. The molecule has 0 fully saturated rings. The third kappa shape index (κ3) is 4.63. The van der Waals surface area contributed by atoms with Crippen LogP contribution in [0.3, 0.4) is 0 Å². The molecule has 24 heavy (non-hydrogen) atoms. The maximum Gasteiger partial charge on any atom is 0.258 e. The van der Waals surface area contributed by atoms with Crippen LogP contribution >= 0.6 is 0 Å². The van der Waals surface area contributed by atoms with Gasteiger partial charge in [0, 0.05) is 31.3 Å². The normalized spacial score (nSPS) is 10.4. The van der Waals surface area contributed by atoms with Crippen molar-refractivity contribution in [3.05, 3.63) is 65.5 Å². The summed E-state index contributed by atoms with van der Waals surface area (Å²) < 4.78 is 18.2. The zero-order chi connectivity index (χ0) is 17.5. The Bertz CT molecular complexity index is 699. The van der Waals surface area contributed by atoms with Crippen molar-refractivity contribution >= 4 is 17.5 Å². The van der Waals surface area contributed by atoms with Crippen molar-refractivity contribution in [2.75, 3.05) is 18.6 Å². The number of nitrogens with two attached hydrogens (primary N) is 1. The van der Waals surface area contributed by atoms with Crippen LogP contribution in [0.15, 0.2) is 48.5 Å². The minimum absolute atomic E-state index is 0.0187. The molecule has 6 heteroatoms. The molecule has 0 saturated heterocycles. The highest BCUT2D eigenvalue weighted by Crippen LogP contribution is 2.19. The number of carbonyl (C=O) groups is 2. The van der Waals surface area contributed by atoms with Gasteiger partial charge >= 0.3 is 0 Å². The van der Waals surface area contributed by atoms with E-state index in [9.17, 15) is 14.0 Å². The molecule has 0 aliphatic heterocycles. The van der Waals surface area contributed by atoms with Crippen molar-refractivity contribution in [3.8, 4) is 0 Å². The maximum absolute atomic E-state index is 13.1. The Balaban J connectivity index is 2.25. The molecular weight excluding hydrogens is 311 g/mol. The van der Waals surface area contributed by atoms with Crippen LogP contribution in [0.25, 0.3) is 0 Å². The van der Waals surface area contributed by atoms with Gasteiger partial charge in [-0.1, -0.05) is 12.1 Å². The molecule has 2 rings (SSSR count). The number of halogens is 1. The van der Waals surface area contributed by atoms with E-state index >= 15 is 0 Å². The van der Waals surface area contributed by atoms with Crippen molar-refractivity contribution in [1.82, 2.24) is 0 Å². The number of hydrogen-bond acceptors (Lipinski definition) is 3. The highest BCUT2D eigenvalue weighted by molar-refractivity contribution is 6.06. The van der Waals surface area contributed by atoms with Crippen LogP contribution in [-0.2, 0) is 16.1 Å². The molecule has 0 aliphatic rings. The monoisotopic (exact) mass is 330 g/mol. The predicted molar refractivity (Wildman–Crippen MR) is 89.0 cm³/mol. The van der Waals surface area contributed by atoms with E-state index in [0.29, 0.717) is 17.9 Å². The van der Waals surface area contributed by atoms with Gasteiger partial charge in [0.1, 0.15) is 5.82 Å².